The Balaban J connectivity index is 2.30. The number of nitrogens with one attached hydrogen (secondary N) is 1. The maximum Gasteiger partial charge on any atom is 0.0375 e. The van der Waals surface area contributed by atoms with Crippen molar-refractivity contribution in [3.63, 3.8) is 0 Å². The Morgan fingerprint density at radius 2 is 1.80 bits per heavy atom. The summed E-state index contributed by atoms with van der Waals surface area (Å²) in [4.78, 5) is 0. The van der Waals surface area contributed by atoms with Crippen LogP contribution in [0.2, 0.25) is 0 Å². The molecule has 0 aromatic heterocycles. The molecule has 1 aliphatic heterocycles. The van der Waals surface area contributed by atoms with E-state index in [1.807, 2.05) is 0 Å². The van der Waals surface area contributed by atoms with Crippen molar-refractivity contribution in [2.24, 2.45) is 5.41 Å². The Morgan fingerprint density at radius 1 is 1.13 bits per heavy atom. The van der Waals surface area contributed by atoms with Crippen LogP contribution in [0, 0.1) is 5.41 Å². The first-order valence-corrected chi connectivity index (χ1v) is 5.58. The quantitative estimate of drug-likeness (QED) is 0.736. The number of benzene rings is 1. The Bertz CT molecular complexity index is 357. The second kappa shape index (κ2) is 3.82. The molecule has 1 heteroatoms. The van der Waals surface area contributed by atoms with Gasteiger partial charge < -0.3 is 5.32 Å². The molecule has 0 saturated heterocycles. The molecule has 1 aromatic rings. The van der Waals surface area contributed by atoms with E-state index in [1.165, 1.54) is 11.1 Å². The highest BCUT2D eigenvalue weighted by Crippen LogP contribution is 2.33. The largest absolute Gasteiger partial charge is 0.306 e. The summed E-state index contributed by atoms with van der Waals surface area (Å²) in [5.41, 5.74) is 3.07. The molecule has 2 rings (SSSR count). The molecule has 0 aliphatic carbocycles. The van der Waals surface area contributed by atoms with Crippen molar-refractivity contribution < 1.29 is 0 Å². The van der Waals surface area contributed by atoms with Gasteiger partial charge in [-0.15, -0.1) is 0 Å². The van der Waals surface area contributed by atoms with Crippen molar-refractivity contribution >= 4 is 5.57 Å². The molecule has 1 unspecified atom stereocenters. The van der Waals surface area contributed by atoms with E-state index in [0.717, 1.165) is 6.54 Å². The summed E-state index contributed by atoms with van der Waals surface area (Å²) in [5.74, 6) is 0. The lowest BCUT2D eigenvalue weighted by molar-refractivity contribution is 0.339. The zero-order valence-corrected chi connectivity index (χ0v) is 9.75. The van der Waals surface area contributed by atoms with Gasteiger partial charge in [0, 0.05) is 12.6 Å². The topological polar surface area (TPSA) is 12.0 Å². The molecule has 1 N–H and O–H groups in total. The third-order valence-corrected chi connectivity index (χ3v) is 2.93. The highest BCUT2D eigenvalue weighted by molar-refractivity contribution is 5.72. The molecular formula is C14H19N. The van der Waals surface area contributed by atoms with Crippen molar-refractivity contribution in [1.29, 1.82) is 0 Å². The van der Waals surface area contributed by atoms with Crippen LogP contribution < -0.4 is 5.32 Å². The maximum atomic E-state index is 3.55. The van der Waals surface area contributed by atoms with Crippen molar-refractivity contribution in [2.45, 2.75) is 26.8 Å². The molecule has 0 amide bonds. The van der Waals surface area contributed by atoms with Crippen LogP contribution in [0.5, 0.6) is 0 Å². The van der Waals surface area contributed by atoms with Gasteiger partial charge in [-0.05, 0) is 16.6 Å². The molecule has 0 fully saturated rings. The molecule has 15 heavy (non-hydrogen) atoms. The molecular weight excluding hydrogens is 182 g/mol. The molecule has 1 aliphatic rings. The summed E-state index contributed by atoms with van der Waals surface area (Å²) < 4.78 is 0. The van der Waals surface area contributed by atoms with Crippen LogP contribution in [0.25, 0.3) is 5.57 Å². The summed E-state index contributed by atoms with van der Waals surface area (Å²) in [6.45, 7) is 7.85. The van der Waals surface area contributed by atoms with E-state index in [4.69, 9.17) is 0 Å². The molecule has 0 radical (unpaired) electrons. The van der Waals surface area contributed by atoms with Gasteiger partial charge in [0.25, 0.3) is 0 Å². The predicted octanol–water partition coefficient (Wildman–Crippen LogP) is 3.09. The summed E-state index contributed by atoms with van der Waals surface area (Å²) >= 11 is 0. The van der Waals surface area contributed by atoms with Crippen LogP contribution in [0.15, 0.2) is 36.4 Å². The normalized spacial score (nSPS) is 21.5. The summed E-state index contributed by atoms with van der Waals surface area (Å²) in [5, 5.41) is 3.55. The first kappa shape index (κ1) is 10.4. The first-order valence-electron chi connectivity index (χ1n) is 5.58. The number of hydrogen-bond acceptors (Lipinski definition) is 1. The highest BCUT2D eigenvalue weighted by atomic mass is 14.9. The van der Waals surface area contributed by atoms with E-state index in [9.17, 15) is 0 Å². The lowest BCUT2D eigenvalue weighted by Gasteiger charge is -2.30. The van der Waals surface area contributed by atoms with Gasteiger partial charge in [0.15, 0.2) is 0 Å². The monoisotopic (exact) mass is 201 g/mol. The van der Waals surface area contributed by atoms with E-state index in [-0.39, 0.29) is 5.41 Å². The van der Waals surface area contributed by atoms with Crippen molar-refractivity contribution in [3.05, 3.63) is 42.0 Å². The van der Waals surface area contributed by atoms with Crippen LogP contribution in [-0.4, -0.2) is 12.6 Å². The Hall–Kier alpha value is -1.08. The van der Waals surface area contributed by atoms with E-state index in [0.29, 0.717) is 6.04 Å². The zero-order valence-electron chi connectivity index (χ0n) is 9.75. The Labute approximate surface area is 92.2 Å². The second-order valence-corrected chi connectivity index (χ2v) is 5.23. The van der Waals surface area contributed by atoms with Gasteiger partial charge in [0.2, 0.25) is 0 Å². The first-order chi connectivity index (χ1) is 7.09. The molecule has 1 atom stereocenters. The van der Waals surface area contributed by atoms with E-state index in [2.05, 4.69) is 62.5 Å². The molecule has 80 valence electrons. The average molecular weight is 201 g/mol. The van der Waals surface area contributed by atoms with Crippen molar-refractivity contribution in [3.8, 4) is 0 Å². The van der Waals surface area contributed by atoms with Gasteiger partial charge in [-0.3, -0.25) is 0 Å². The second-order valence-electron chi connectivity index (χ2n) is 5.23. The molecule has 0 bridgehead atoms. The Kier molecular flexibility index (Phi) is 2.66. The van der Waals surface area contributed by atoms with E-state index >= 15 is 0 Å². The molecule has 1 heterocycles. The van der Waals surface area contributed by atoms with Crippen LogP contribution in [-0.2, 0) is 0 Å². The smallest absolute Gasteiger partial charge is 0.0375 e. The fourth-order valence-electron chi connectivity index (χ4n) is 2.20. The van der Waals surface area contributed by atoms with Crippen molar-refractivity contribution in [1.82, 2.24) is 5.32 Å². The molecule has 1 nitrogen and oxygen atoms in total. The molecule has 0 spiro atoms. The standard InChI is InChI=1S/C14H19N/c1-14(2,3)13-12(9-10-15-13)11-7-5-4-6-8-11/h4-9,13,15H,10H2,1-3H3. The summed E-state index contributed by atoms with van der Waals surface area (Å²) in [6, 6.07) is 11.1. The molecule has 1 aromatic carbocycles. The maximum absolute atomic E-state index is 3.55. The molecule has 0 saturated carbocycles. The van der Waals surface area contributed by atoms with Gasteiger partial charge in [-0.1, -0.05) is 57.2 Å². The predicted molar refractivity (Wildman–Crippen MR) is 65.7 cm³/mol. The number of hydrogen-bond donors (Lipinski definition) is 1. The fourth-order valence-corrected chi connectivity index (χ4v) is 2.20. The third-order valence-electron chi connectivity index (χ3n) is 2.93. The minimum Gasteiger partial charge on any atom is -0.306 e. The minimum absolute atomic E-state index is 0.276. The van der Waals surface area contributed by atoms with Gasteiger partial charge in [0.1, 0.15) is 0 Å². The van der Waals surface area contributed by atoms with Gasteiger partial charge in [0.05, 0.1) is 0 Å². The summed E-state index contributed by atoms with van der Waals surface area (Å²) in [7, 11) is 0. The van der Waals surface area contributed by atoms with Gasteiger partial charge in [-0.25, -0.2) is 0 Å². The lowest BCUT2D eigenvalue weighted by Crippen LogP contribution is -2.37. The van der Waals surface area contributed by atoms with Crippen LogP contribution in [0.4, 0.5) is 0 Å². The van der Waals surface area contributed by atoms with E-state index < -0.39 is 0 Å². The lowest BCUT2D eigenvalue weighted by atomic mass is 9.81. The summed E-state index contributed by atoms with van der Waals surface area (Å²) in [6.07, 6.45) is 2.31. The van der Waals surface area contributed by atoms with Crippen LogP contribution in [0.1, 0.15) is 26.3 Å². The number of rotatable bonds is 1. The minimum atomic E-state index is 0.276. The van der Waals surface area contributed by atoms with E-state index in [1.54, 1.807) is 0 Å². The Morgan fingerprint density at radius 3 is 2.40 bits per heavy atom. The SMILES string of the molecule is CC(C)(C)C1NCC=C1c1ccccc1. The third kappa shape index (κ3) is 2.13. The fraction of sp³-hybridized carbons (Fsp3) is 0.429. The average Bonchev–Trinajstić information content (AvgIpc) is 2.67. The van der Waals surface area contributed by atoms with Crippen molar-refractivity contribution in [2.75, 3.05) is 6.54 Å². The zero-order chi connectivity index (χ0) is 10.9. The van der Waals surface area contributed by atoms with Crippen LogP contribution >= 0.6 is 0 Å². The van der Waals surface area contributed by atoms with Crippen LogP contribution in [0.3, 0.4) is 0 Å². The van der Waals surface area contributed by atoms with Gasteiger partial charge >= 0.3 is 0 Å². The van der Waals surface area contributed by atoms with Gasteiger partial charge in [-0.2, -0.15) is 0 Å². The highest BCUT2D eigenvalue weighted by Gasteiger charge is 2.30.